The summed E-state index contributed by atoms with van der Waals surface area (Å²) in [6, 6.07) is 5.64. The van der Waals surface area contributed by atoms with Gasteiger partial charge in [-0.25, -0.2) is 9.97 Å². The molecule has 130 valence electrons. The first-order chi connectivity index (χ1) is 11.4. The minimum absolute atomic E-state index is 0.0524. The molecule has 7 nitrogen and oxygen atoms in total. The van der Waals surface area contributed by atoms with Crippen molar-refractivity contribution >= 4 is 5.96 Å². The van der Waals surface area contributed by atoms with Crippen LogP contribution in [0.3, 0.4) is 0 Å². The number of rotatable bonds is 5. The number of oxazole rings is 1. The number of hydrogen-bond donors (Lipinski definition) is 2. The molecule has 2 aromatic heterocycles. The minimum Gasteiger partial charge on any atom is -0.481 e. The quantitative estimate of drug-likeness (QED) is 0.646. The molecule has 0 aromatic carbocycles. The largest absolute Gasteiger partial charge is 0.481 e. The smallest absolute Gasteiger partial charge is 0.213 e. The zero-order chi connectivity index (χ0) is 17.6. The number of guanidine groups is 1. The van der Waals surface area contributed by atoms with Gasteiger partial charge >= 0.3 is 0 Å². The Labute approximate surface area is 142 Å². The van der Waals surface area contributed by atoms with Crippen LogP contribution in [-0.2, 0) is 18.5 Å². The van der Waals surface area contributed by atoms with E-state index in [0.29, 0.717) is 30.8 Å². The van der Waals surface area contributed by atoms with E-state index in [2.05, 4.69) is 46.4 Å². The summed E-state index contributed by atoms with van der Waals surface area (Å²) in [6.07, 6.45) is 1.77. The van der Waals surface area contributed by atoms with E-state index in [4.69, 9.17) is 9.15 Å². The maximum absolute atomic E-state index is 5.75. The molecular formula is C17H25N5O2. The molecule has 0 radical (unpaired) electrons. The number of hydrogen-bond acceptors (Lipinski definition) is 5. The molecule has 7 heteroatoms. The fourth-order valence-corrected chi connectivity index (χ4v) is 1.96. The first-order valence-corrected chi connectivity index (χ1v) is 7.82. The lowest BCUT2D eigenvalue weighted by Crippen LogP contribution is -2.36. The van der Waals surface area contributed by atoms with Gasteiger partial charge in [0.05, 0.1) is 32.1 Å². The first-order valence-electron chi connectivity index (χ1n) is 7.82. The molecule has 0 saturated heterocycles. The maximum Gasteiger partial charge on any atom is 0.213 e. The number of aliphatic imine (C=N–C) groups is 1. The first kappa shape index (κ1) is 17.8. The van der Waals surface area contributed by atoms with E-state index >= 15 is 0 Å². The average molecular weight is 331 g/mol. The topological polar surface area (TPSA) is 84.6 Å². The monoisotopic (exact) mass is 331 g/mol. The zero-order valence-corrected chi connectivity index (χ0v) is 14.9. The molecular weight excluding hydrogens is 306 g/mol. The molecule has 24 heavy (non-hydrogen) atoms. The Balaban J connectivity index is 1.87. The third-order valence-corrected chi connectivity index (χ3v) is 3.35. The van der Waals surface area contributed by atoms with Crippen molar-refractivity contribution in [1.29, 1.82) is 0 Å². The van der Waals surface area contributed by atoms with Gasteiger partial charge in [-0.1, -0.05) is 26.8 Å². The van der Waals surface area contributed by atoms with Crippen LogP contribution >= 0.6 is 0 Å². The lowest BCUT2D eigenvalue weighted by molar-refractivity contribution is 0.379. The fourth-order valence-electron chi connectivity index (χ4n) is 1.96. The van der Waals surface area contributed by atoms with E-state index in [1.165, 1.54) is 0 Å². The van der Waals surface area contributed by atoms with Crippen LogP contribution in [0, 0.1) is 0 Å². The second-order valence-corrected chi connectivity index (χ2v) is 6.32. The molecule has 0 bridgehead atoms. The highest BCUT2D eigenvalue weighted by Gasteiger charge is 2.19. The summed E-state index contributed by atoms with van der Waals surface area (Å²) in [7, 11) is 3.31. The molecule has 0 spiro atoms. The third-order valence-electron chi connectivity index (χ3n) is 3.35. The van der Waals surface area contributed by atoms with Gasteiger partial charge in [-0.05, 0) is 6.07 Å². The Bertz CT molecular complexity index is 688. The predicted molar refractivity (Wildman–Crippen MR) is 93.0 cm³/mol. The summed E-state index contributed by atoms with van der Waals surface area (Å²) in [5, 5.41) is 6.37. The molecule has 2 aromatic rings. The summed E-state index contributed by atoms with van der Waals surface area (Å²) in [6.45, 7) is 7.27. The van der Waals surface area contributed by atoms with Crippen LogP contribution in [0.4, 0.5) is 0 Å². The summed E-state index contributed by atoms with van der Waals surface area (Å²) < 4.78 is 10.9. The average Bonchev–Trinajstić information content (AvgIpc) is 3.04. The Hall–Kier alpha value is -2.57. The lowest BCUT2D eigenvalue weighted by Gasteiger charge is -2.13. The standard InChI is InChI=1S/C17H25N5O2/c1-17(2,3)13-10-19-15(24-13)11-21-16(18-4)20-9-12-7-6-8-14(22-12)23-5/h6-8,10H,9,11H2,1-5H3,(H2,18,20,21). The van der Waals surface area contributed by atoms with Gasteiger partial charge < -0.3 is 19.8 Å². The molecule has 0 saturated carbocycles. The van der Waals surface area contributed by atoms with Crippen LogP contribution in [-0.4, -0.2) is 30.1 Å². The number of nitrogens with zero attached hydrogens (tertiary/aromatic N) is 3. The van der Waals surface area contributed by atoms with Crippen LogP contribution in [0.15, 0.2) is 33.8 Å². The molecule has 2 rings (SSSR count). The Morgan fingerprint density at radius 3 is 2.62 bits per heavy atom. The SMILES string of the molecule is CN=C(NCc1cccc(OC)n1)NCc1ncc(C(C)(C)C)o1. The van der Waals surface area contributed by atoms with E-state index in [9.17, 15) is 0 Å². The van der Waals surface area contributed by atoms with Gasteiger partial charge in [0.15, 0.2) is 5.96 Å². The minimum atomic E-state index is -0.0524. The van der Waals surface area contributed by atoms with E-state index in [1.807, 2.05) is 18.2 Å². The third kappa shape index (κ3) is 4.97. The number of pyridine rings is 1. The van der Waals surface area contributed by atoms with Crippen LogP contribution < -0.4 is 15.4 Å². The van der Waals surface area contributed by atoms with Gasteiger partial charge in [0.25, 0.3) is 0 Å². The van der Waals surface area contributed by atoms with Crippen molar-refractivity contribution < 1.29 is 9.15 Å². The van der Waals surface area contributed by atoms with Crippen molar-refractivity contribution in [3.05, 3.63) is 41.7 Å². The van der Waals surface area contributed by atoms with E-state index < -0.39 is 0 Å². The van der Waals surface area contributed by atoms with E-state index in [0.717, 1.165) is 11.5 Å². The van der Waals surface area contributed by atoms with Gasteiger partial charge in [0, 0.05) is 18.5 Å². The maximum atomic E-state index is 5.75. The van der Waals surface area contributed by atoms with Crippen molar-refractivity contribution in [3.8, 4) is 5.88 Å². The molecule has 0 fully saturated rings. The van der Waals surface area contributed by atoms with Crippen molar-refractivity contribution in [1.82, 2.24) is 20.6 Å². The van der Waals surface area contributed by atoms with Gasteiger partial charge in [-0.2, -0.15) is 0 Å². The number of nitrogens with one attached hydrogen (secondary N) is 2. The molecule has 0 aliphatic heterocycles. The summed E-state index contributed by atoms with van der Waals surface area (Å²) >= 11 is 0. The normalized spacial score (nSPS) is 12.1. The Kier molecular flexibility index (Phi) is 5.78. The van der Waals surface area contributed by atoms with Crippen LogP contribution in [0.1, 0.15) is 38.1 Å². The molecule has 0 amide bonds. The van der Waals surface area contributed by atoms with Crippen molar-refractivity contribution in [2.75, 3.05) is 14.2 Å². The van der Waals surface area contributed by atoms with Crippen LogP contribution in [0.2, 0.25) is 0 Å². The Morgan fingerprint density at radius 1 is 1.25 bits per heavy atom. The van der Waals surface area contributed by atoms with Gasteiger partial charge in [-0.15, -0.1) is 0 Å². The lowest BCUT2D eigenvalue weighted by atomic mass is 9.94. The second-order valence-electron chi connectivity index (χ2n) is 6.32. The van der Waals surface area contributed by atoms with E-state index in [1.54, 1.807) is 20.4 Å². The number of ether oxygens (including phenoxy) is 1. The molecule has 2 N–H and O–H groups in total. The molecule has 0 atom stereocenters. The molecule has 0 unspecified atom stereocenters. The fraction of sp³-hybridized carbons (Fsp3) is 0.471. The summed E-state index contributed by atoms with van der Waals surface area (Å²) in [5.41, 5.74) is 0.812. The summed E-state index contributed by atoms with van der Waals surface area (Å²) in [4.78, 5) is 12.8. The van der Waals surface area contributed by atoms with Gasteiger partial charge in [-0.3, -0.25) is 4.99 Å². The molecule has 2 heterocycles. The van der Waals surface area contributed by atoms with Crippen LogP contribution in [0.25, 0.3) is 0 Å². The second kappa shape index (κ2) is 7.81. The van der Waals surface area contributed by atoms with Crippen molar-refractivity contribution in [2.24, 2.45) is 4.99 Å². The highest BCUT2D eigenvalue weighted by Crippen LogP contribution is 2.22. The predicted octanol–water partition coefficient (Wildman–Crippen LogP) is 2.24. The van der Waals surface area contributed by atoms with E-state index in [-0.39, 0.29) is 5.41 Å². The zero-order valence-electron chi connectivity index (χ0n) is 14.9. The van der Waals surface area contributed by atoms with Crippen molar-refractivity contribution in [3.63, 3.8) is 0 Å². The van der Waals surface area contributed by atoms with Gasteiger partial charge in [0.2, 0.25) is 11.8 Å². The number of aromatic nitrogens is 2. The Morgan fingerprint density at radius 2 is 2.00 bits per heavy atom. The highest BCUT2D eigenvalue weighted by atomic mass is 16.5. The highest BCUT2D eigenvalue weighted by molar-refractivity contribution is 5.79. The molecule has 0 aliphatic rings. The molecule has 0 aliphatic carbocycles. The number of methoxy groups -OCH3 is 1. The van der Waals surface area contributed by atoms with Gasteiger partial charge in [0.1, 0.15) is 5.76 Å². The van der Waals surface area contributed by atoms with Crippen molar-refractivity contribution in [2.45, 2.75) is 39.3 Å². The van der Waals surface area contributed by atoms with Crippen LogP contribution in [0.5, 0.6) is 5.88 Å². The summed E-state index contributed by atoms with van der Waals surface area (Å²) in [5.74, 6) is 2.73.